The third kappa shape index (κ3) is 1.97. The lowest BCUT2D eigenvalue weighted by atomic mass is 10.0. The van der Waals surface area contributed by atoms with Crippen LogP contribution in [-0.2, 0) is 9.53 Å². The summed E-state index contributed by atoms with van der Waals surface area (Å²) >= 11 is 0. The summed E-state index contributed by atoms with van der Waals surface area (Å²) in [7, 11) is 1.72. The second kappa shape index (κ2) is 3.86. The molecule has 14 heavy (non-hydrogen) atoms. The van der Waals surface area contributed by atoms with Gasteiger partial charge in [0.2, 0.25) is 5.91 Å². The first kappa shape index (κ1) is 10.8. The summed E-state index contributed by atoms with van der Waals surface area (Å²) in [4.78, 5) is 24.4. The average molecular weight is 200 g/mol. The molecule has 1 heterocycles. The number of ether oxygens (including phenoxy) is 1. The molecule has 1 N–H and O–H groups in total. The predicted octanol–water partition coefficient (Wildman–Crippen LogP) is 0.353. The Hall–Kier alpha value is -1.26. The summed E-state index contributed by atoms with van der Waals surface area (Å²) in [5.41, 5.74) is -0.791. The monoisotopic (exact) mass is 200 g/mol. The quantitative estimate of drug-likeness (QED) is 0.700. The molecule has 5 heteroatoms. The Morgan fingerprint density at radius 3 is 2.79 bits per heavy atom. The number of carbonyl (C=O) groups is 2. The largest absolute Gasteiger partial charge is 0.450 e. The minimum atomic E-state index is -0.791. The summed E-state index contributed by atoms with van der Waals surface area (Å²) in [5, 5.41) is 2.58. The van der Waals surface area contributed by atoms with Crippen LogP contribution in [0.3, 0.4) is 0 Å². The van der Waals surface area contributed by atoms with Crippen molar-refractivity contribution in [2.45, 2.75) is 25.8 Å². The number of nitrogens with zero attached hydrogens (tertiary/aromatic N) is 1. The van der Waals surface area contributed by atoms with Crippen LogP contribution < -0.4 is 5.32 Å². The van der Waals surface area contributed by atoms with E-state index in [1.807, 2.05) is 0 Å². The topological polar surface area (TPSA) is 58.6 Å². The van der Waals surface area contributed by atoms with Crippen LogP contribution in [0.5, 0.6) is 0 Å². The zero-order valence-corrected chi connectivity index (χ0v) is 8.79. The Labute approximate surface area is 83.4 Å². The molecule has 80 valence electrons. The molecule has 2 amide bonds. The standard InChI is InChI=1S/C9H16N2O3/c1-4-14-8(13)10-9(2)5-6-11(3)7(9)12/h4-6H2,1-3H3,(H,10,13). The van der Waals surface area contributed by atoms with Crippen molar-refractivity contribution < 1.29 is 14.3 Å². The maximum atomic E-state index is 11.6. The molecule has 0 bridgehead atoms. The molecule has 1 aliphatic heterocycles. The molecule has 0 spiro atoms. The number of carbonyl (C=O) groups excluding carboxylic acids is 2. The highest BCUT2D eigenvalue weighted by Gasteiger charge is 2.42. The van der Waals surface area contributed by atoms with Crippen molar-refractivity contribution in [2.75, 3.05) is 20.2 Å². The van der Waals surface area contributed by atoms with Gasteiger partial charge in [-0.25, -0.2) is 4.79 Å². The Bertz CT molecular complexity index is 254. The van der Waals surface area contributed by atoms with Crippen molar-refractivity contribution in [3.05, 3.63) is 0 Å². The first-order valence-electron chi connectivity index (χ1n) is 4.70. The SMILES string of the molecule is CCOC(=O)NC1(C)CCN(C)C1=O. The molecular formula is C9H16N2O3. The van der Waals surface area contributed by atoms with Crippen molar-refractivity contribution in [3.8, 4) is 0 Å². The highest BCUT2D eigenvalue weighted by atomic mass is 16.5. The Balaban J connectivity index is 2.59. The van der Waals surface area contributed by atoms with Crippen LogP contribution in [0.4, 0.5) is 4.79 Å². The third-order valence-corrected chi connectivity index (χ3v) is 2.42. The summed E-state index contributed by atoms with van der Waals surface area (Å²) in [6, 6.07) is 0. The van der Waals surface area contributed by atoms with Crippen LogP contribution in [0.1, 0.15) is 20.3 Å². The number of hydrogen-bond acceptors (Lipinski definition) is 3. The predicted molar refractivity (Wildman–Crippen MR) is 50.8 cm³/mol. The number of hydrogen-bond donors (Lipinski definition) is 1. The van der Waals surface area contributed by atoms with E-state index in [1.165, 1.54) is 0 Å². The minimum absolute atomic E-state index is 0.0643. The first-order valence-corrected chi connectivity index (χ1v) is 4.70. The molecule has 1 saturated heterocycles. The number of likely N-dealkylation sites (N-methyl/N-ethyl adjacent to an activating group) is 1. The smallest absolute Gasteiger partial charge is 0.407 e. The molecule has 0 aromatic carbocycles. The van der Waals surface area contributed by atoms with Crippen LogP contribution in [-0.4, -0.2) is 42.6 Å². The maximum Gasteiger partial charge on any atom is 0.407 e. The number of rotatable bonds is 2. The fourth-order valence-electron chi connectivity index (χ4n) is 1.53. The lowest BCUT2D eigenvalue weighted by Gasteiger charge is -2.22. The molecule has 1 rings (SSSR count). The average Bonchev–Trinajstić information content (AvgIpc) is 2.34. The van der Waals surface area contributed by atoms with Gasteiger partial charge in [-0.15, -0.1) is 0 Å². The zero-order chi connectivity index (χ0) is 10.8. The van der Waals surface area contributed by atoms with Crippen LogP contribution in [0, 0.1) is 0 Å². The summed E-state index contributed by atoms with van der Waals surface area (Å²) < 4.78 is 4.73. The molecule has 0 aromatic heterocycles. The molecule has 1 aliphatic rings. The highest BCUT2D eigenvalue weighted by Crippen LogP contribution is 2.20. The van der Waals surface area contributed by atoms with Gasteiger partial charge in [-0.3, -0.25) is 4.79 Å². The second-order valence-electron chi connectivity index (χ2n) is 3.65. The van der Waals surface area contributed by atoms with E-state index in [0.717, 1.165) is 0 Å². The molecule has 0 saturated carbocycles. The maximum absolute atomic E-state index is 11.6. The second-order valence-corrected chi connectivity index (χ2v) is 3.65. The van der Waals surface area contributed by atoms with Crippen molar-refractivity contribution >= 4 is 12.0 Å². The fraction of sp³-hybridized carbons (Fsp3) is 0.778. The van der Waals surface area contributed by atoms with Crippen molar-refractivity contribution in [1.82, 2.24) is 10.2 Å². The molecule has 1 atom stereocenters. The van der Waals surface area contributed by atoms with Gasteiger partial charge in [0.15, 0.2) is 0 Å². The minimum Gasteiger partial charge on any atom is -0.450 e. The van der Waals surface area contributed by atoms with Gasteiger partial charge in [0.25, 0.3) is 0 Å². The van der Waals surface area contributed by atoms with E-state index in [0.29, 0.717) is 19.6 Å². The summed E-state index contributed by atoms with van der Waals surface area (Å²) in [6.45, 7) is 4.42. The Kier molecular flexibility index (Phi) is 2.98. The van der Waals surface area contributed by atoms with Crippen LogP contribution in [0.15, 0.2) is 0 Å². The van der Waals surface area contributed by atoms with Crippen LogP contribution in [0.2, 0.25) is 0 Å². The number of nitrogens with one attached hydrogen (secondary N) is 1. The molecule has 0 aromatic rings. The molecule has 1 unspecified atom stereocenters. The van der Waals surface area contributed by atoms with Gasteiger partial charge in [-0.2, -0.15) is 0 Å². The number of likely N-dealkylation sites (tertiary alicyclic amines) is 1. The van der Waals surface area contributed by atoms with Gasteiger partial charge in [0, 0.05) is 13.6 Å². The van der Waals surface area contributed by atoms with Gasteiger partial charge in [0.1, 0.15) is 5.54 Å². The van der Waals surface area contributed by atoms with Gasteiger partial charge >= 0.3 is 6.09 Å². The van der Waals surface area contributed by atoms with Crippen LogP contribution in [0.25, 0.3) is 0 Å². The van der Waals surface area contributed by atoms with E-state index in [9.17, 15) is 9.59 Å². The van der Waals surface area contributed by atoms with Gasteiger partial charge in [-0.05, 0) is 20.3 Å². The number of amides is 2. The molecular weight excluding hydrogens is 184 g/mol. The van der Waals surface area contributed by atoms with E-state index in [-0.39, 0.29) is 5.91 Å². The Morgan fingerprint density at radius 1 is 1.71 bits per heavy atom. The lowest BCUT2D eigenvalue weighted by Crippen LogP contribution is -2.51. The first-order chi connectivity index (χ1) is 6.49. The van der Waals surface area contributed by atoms with Crippen LogP contribution >= 0.6 is 0 Å². The van der Waals surface area contributed by atoms with Crippen molar-refractivity contribution in [3.63, 3.8) is 0 Å². The van der Waals surface area contributed by atoms with E-state index >= 15 is 0 Å². The van der Waals surface area contributed by atoms with Gasteiger partial charge < -0.3 is 15.0 Å². The summed E-state index contributed by atoms with van der Waals surface area (Å²) in [5.74, 6) is -0.0643. The number of alkyl carbamates (subject to hydrolysis) is 1. The fourth-order valence-corrected chi connectivity index (χ4v) is 1.53. The van der Waals surface area contributed by atoms with Gasteiger partial charge in [-0.1, -0.05) is 0 Å². The normalized spacial score (nSPS) is 26.5. The van der Waals surface area contributed by atoms with Gasteiger partial charge in [0.05, 0.1) is 6.61 Å². The zero-order valence-electron chi connectivity index (χ0n) is 8.79. The molecule has 1 fully saturated rings. The van der Waals surface area contributed by atoms with Crippen molar-refractivity contribution in [1.29, 1.82) is 0 Å². The highest BCUT2D eigenvalue weighted by molar-refractivity contribution is 5.91. The van der Waals surface area contributed by atoms with E-state index < -0.39 is 11.6 Å². The molecule has 0 aliphatic carbocycles. The van der Waals surface area contributed by atoms with E-state index in [4.69, 9.17) is 4.74 Å². The summed E-state index contributed by atoms with van der Waals surface area (Å²) in [6.07, 6.45) is 0.0971. The lowest BCUT2D eigenvalue weighted by molar-refractivity contribution is -0.131. The van der Waals surface area contributed by atoms with E-state index in [2.05, 4.69) is 5.32 Å². The van der Waals surface area contributed by atoms with Crippen molar-refractivity contribution in [2.24, 2.45) is 0 Å². The molecule has 0 radical (unpaired) electrons. The third-order valence-electron chi connectivity index (χ3n) is 2.42. The van der Waals surface area contributed by atoms with E-state index in [1.54, 1.807) is 25.8 Å². The molecule has 5 nitrogen and oxygen atoms in total. The Morgan fingerprint density at radius 2 is 2.36 bits per heavy atom.